The molecule has 1 aromatic rings. The molecule has 142 valence electrons. The minimum Gasteiger partial charge on any atom is -0.494 e. The second-order valence-electron chi connectivity index (χ2n) is 8.01. The standard InChI is InChI=1S/C21H29NO4/c1-3-25-19-10-15-8-13(2)26-20(15)11-16(19)12-22-17-7-5-4-6-14(17)9-18(22)21(23)24/h10-11,13-14,17-18H,3-9,12H2,1-2H3,(H,23,24). The highest BCUT2D eigenvalue weighted by Gasteiger charge is 2.45. The highest BCUT2D eigenvalue weighted by atomic mass is 16.5. The highest BCUT2D eigenvalue weighted by Crippen LogP contribution is 2.42. The third-order valence-corrected chi connectivity index (χ3v) is 6.24. The van der Waals surface area contributed by atoms with Crippen molar-refractivity contribution in [2.24, 2.45) is 5.92 Å². The summed E-state index contributed by atoms with van der Waals surface area (Å²) in [4.78, 5) is 14.1. The lowest BCUT2D eigenvalue weighted by atomic mass is 9.84. The predicted octanol–water partition coefficient (Wildman–Crippen LogP) is 3.63. The van der Waals surface area contributed by atoms with E-state index in [4.69, 9.17) is 9.47 Å². The maximum absolute atomic E-state index is 11.9. The quantitative estimate of drug-likeness (QED) is 0.870. The van der Waals surface area contributed by atoms with Crippen molar-refractivity contribution in [1.29, 1.82) is 0 Å². The zero-order chi connectivity index (χ0) is 18.3. The molecule has 1 aliphatic carbocycles. The normalized spacial score (nSPS) is 30.5. The van der Waals surface area contributed by atoms with Crippen molar-refractivity contribution in [2.75, 3.05) is 6.61 Å². The lowest BCUT2D eigenvalue weighted by molar-refractivity contribution is -0.142. The summed E-state index contributed by atoms with van der Waals surface area (Å²) in [7, 11) is 0. The molecule has 5 nitrogen and oxygen atoms in total. The highest BCUT2D eigenvalue weighted by molar-refractivity contribution is 5.74. The van der Waals surface area contributed by atoms with Crippen LogP contribution in [0.2, 0.25) is 0 Å². The zero-order valence-corrected chi connectivity index (χ0v) is 15.7. The van der Waals surface area contributed by atoms with E-state index in [-0.39, 0.29) is 12.1 Å². The summed E-state index contributed by atoms with van der Waals surface area (Å²) in [6.45, 7) is 5.30. The van der Waals surface area contributed by atoms with Gasteiger partial charge in [0, 0.05) is 30.1 Å². The largest absolute Gasteiger partial charge is 0.494 e. The van der Waals surface area contributed by atoms with Crippen molar-refractivity contribution in [3.8, 4) is 11.5 Å². The Morgan fingerprint density at radius 1 is 1.35 bits per heavy atom. The number of ether oxygens (including phenoxy) is 2. The van der Waals surface area contributed by atoms with Gasteiger partial charge in [0.05, 0.1) is 6.61 Å². The van der Waals surface area contributed by atoms with Crippen LogP contribution < -0.4 is 9.47 Å². The van der Waals surface area contributed by atoms with E-state index >= 15 is 0 Å². The monoisotopic (exact) mass is 359 g/mol. The van der Waals surface area contributed by atoms with Crippen LogP contribution in [0.4, 0.5) is 0 Å². The van der Waals surface area contributed by atoms with Crippen molar-refractivity contribution in [2.45, 2.75) is 77.1 Å². The van der Waals surface area contributed by atoms with E-state index in [1.165, 1.54) is 18.4 Å². The third-order valence-electron chi connectivity index (χ3n) is 6.24. The molecular formula is C21H29NO4. The van der Waals surface area contributed by atoms with Crippen molar-refractivity contribution in [3.63, 3.8) is 0 Å². The topological polar surface area (TPSA) is 59.0 Å². The second-order valence-corrected chi connectivity index (χ2v) is 8.01. The molecule has 5 heteroatoms. The summed E-state index contributed by atoms with van der Waals surface area (Å²) in [6.07, 6.45) is 6.58. The average molecular weight is 359 g/mol. The molecule has 1 N–H and O–H groups in total. The SMILES string of the molecule is CCOc1cc2c(cc1CN1C(C(=O)O)CC3CCCCC31)OC(C)C2. The van der Waals surface area contributed by atoms with Gasteiger partial charge < -0.3 is 14.6 Å². The number of nitrogens with zero attached hydrogens (tertiary/aromatic N) is 1. The molecule has 2 fully saturated rings. The first-order chi connectivity index (χ1) is 12.6. The van der Waals surface area contributed by atoms with Crippen LogP contribution in [0.15, 0.2) is 12.1 Å². The fraction of sp³-hybridized carbons (Fsp3) is 0.667. The van der Waals surface area contributed by atoms with Gasteiger partial charge in [-0.05, 0) is 51.2 Å². The van der Waals surface area contributed by atoms with Gasteiger partial charge in [0.2, 0.25) is 0 Å². The first-order valence-electron chi connectivity index (χ1n) is 10.0. The molecule has 0 spiro atoms. The van der Waals surface area contributed by atoms with E-state index < -0.39 is 5.97 Å². The van der Waals surface area contributed by atoms with Crippen LogP contribution in [-0.4, -0.2) is 40.8 Å². The lowest BCUT2D eigenvalue weighted by Crippen LogP contribution is -2.41. The number of likely N-dealkylation sites (tertiary alicyclic amines) is 1. The maximum atomic E-state index is 11.9. The summed E-state index contributed by atoms with van der Waals surface area (Å²) in [5.41, 5.74) is 2.24. The Morgan fingerprint density at radius 2 is 2.15 bits per heavy atom. The Balaban J connectivity index is 1.64. The van der Waals surface area contributed by atoms with Crippen LogP contribution in [0.25, 0.3) is 0 Å². The van der Waals surface area contributed by atoms with Gasteiger partial charge >= 0.3 is 5.97 Å². The first-order valence-corrected chi connectivity index (χ1v) is 10.0. The molecule has 26 heavy (non-hydrogen) atoms. The number of hydrogen-bond donors (Lipinski definition) is 1. The number of fused-ring (bicyclic) bond motifs is 2. The van der Waals surface area contributed by atoms with Gasteiger partial charge in [0.25, 0.3) is 0 Å². The summed E-state index contributed by atoms with van der Waals surface area (Å²) >= 11 is 0. The fourth-order valence-electron chi connectivity index (χ4n) is 5.11. The van der Waals surface area contributed by atoms with E-state index in [9.17, 15) is 9.90 Å². The van der Waals surface area contributed by atoms with E-state index in [0.29, 0.717) is 25.1 Å². The van der Waals surface area contributed by atoms with Crippen LogP contribution in [0.1, 0.15) is 57.1 Å². The Hall–Kier alpha value is -1.75. The van der Waals surface area contributed by atoms with Gasteiger partial charge in [0.15, 0.2) is 0 Å². The van der Waals surface area contributed by atoms with Gasteiger partial charge in [-0.1, -0.05) is 12.8 Å². The molecule has 1 saturated carbocycles. The second kappa shape index (κ2) is 7.10. The molecule has 1 aromatic carbocycles. The lowest BCUT2D eigenvalue weighted by Gasteiger charge is -2.33. The van der Waals surface area contributed by atoms with Crippen LogP contribution in [0.5, 0.6) is 11.5 Å². The molecule has 0 radical (unpaired) electrons. The molecule has 1 saturated heterocycles. The third kappa shape index (κ3) is 3.18. The smallest absolute Gasteiger partial charge is 0.320 e. The Bertz CT molecular complexity index is 689. The molecule has 0 bridgehead atoms. The molecule has 4 rings (SSSR count). The van der Waals surface area contributed by atoms with Gasteiger partial charge in [0.1, 0.15) is 23.6 Å². The molecule has 4 atom stereocenters. The van der Waals surface area contributed by atoms with Crippen molar-refractivity contribution in [1.82, 2.24) is 4.90 Å². The average Bonchev–Trinajstić information content (AvgIpc) is 3.15. The Kier molecular flexibility index (Phi) is 4.82. The number of carboxylic acids is 1. The molecule has 3 aliphatic rings. The Morgan fingerprint density at radius 3 is 2.92 bits per heavy atom. The molecule has 2 aliphatic heterocycles. The summed E-state index contributed by atoms with van der Waals surface area (Å²) in [5, 5.41) is 9.77. The minimum atomic E-state index is -0.691. The number of hydrogen-bond acceptors (Lipinski definition) is 4. The number of carbonyl (C=O) groups is 1. The van der Waals surface area contributed by atoms with Gasteiger partial charge in [-0.3, -0.25) is 9.69 Å². The van der Waals surface area contributed by atoms with Crippen LogP contribution in [0, 0.1) is 5.92 Å². The maximum Gasteiger partial charge on any atom is 0.320 e. The number of benzene rings is 1. The molecule has 0 amide bonds. The summed E-state index contributed by atoms with van der Waals surface area (Å²) in [5.74, 6) is 1.64. The van der Waals surface area contributed by atoms with Crippen LogP contribution in [0.3, 0.4) is 0 Å². The predicted molar refractivity (Wildman–Crippen MR) is 98.7 cm³/mol. The van der Waals surface area contributed by atoms with E-state index in [2.05, 4.69) is 24.0 Å². The zero-order valence-electron chi connectivity index (χ0n) is 15.7. The number of aliphatic carboxylic acids is 1. The summed E-state index contributed by atoms with van der Waals surface area (Å²) < 4.78 is 11.8. The van der Waals surface area contributed by atoms with Crippen molar-refractivity contribution >= 4 is 5.97 Å². The van der Waals surface area contributed by atoms with E-state index in [0.717, 1.165) is 42.7 Å². The molecular weight excluding hydrogens is 330 g/mol. The van der Waals surface area contributed by atoms with Gasteiger partial charge in [-0.2, -0.15) is 0 Å². The molecule has 0 aromatic heterocycles. The molecule has 2 heterocycles. The van der Waals surface area contributed by atoms with E-state index in [1.54, 1.807) is 0 Å². The molecule has 4 unspecified atom stereocenters. The van der Waals surface area contributed by atoms with Crippen molar-refractivity contribution < 1.29 is 19.4 Å². The summed E-state index contributed by atoms with van der Waals surface area (Å²) in [6, 6.07) is 4.18. The van der Waals surface area contributed by atoms with E-state index in [1.807, 2.05) is 6.92 Å². The van der Waals surface area contributed by atoms with Gasteiger partial charge in [-0.15, -0.1) is 0 Å². The number of rotatable bonds is 5. The minimum absolute atomic E-state index is 0.191. The van der Waals surface area contributed by atoms with Crippen LogP contribution >= 0.6 is 0 Å². The Labute approximate surface area is 155 Å². The number of carboxylic acid groups (broad SMARTS) is 1. The first kappa shape index (κ1) is 17.7. The fourth-order valence-corrected chi connectivity index (χ4v) is 5.11. The van der Waals surface area contributed by atoms with Crippen LogP contribution in [-0.2, 0) is 17.8 Å². The van der Waals surface area contributed by atoms with Crippen molar-refractivity contribution in [3.05, 3.63) is 23.3 Å². The van der Waals surface area contributed by atoms with Gasteiger partial charge in [-0.25, -0.2) is 0 Å².